The first-order chi connectivity index (χ1) is 14.2. The Balaban J connectivity index is 1.33. The Morgan fingerprint density at radius 3 is 2.66 bits per heavy atom. The second-order valence-electron chi connectivity index (χ2n) is 7.07. The van der Waals surface area contributed by atoms with Crippen molar-refractivity contribution < 1.29 is 14.3 Å². The van der Waals surface area contributed by atoms with Crippen LogP contribution < -0.4 is 15.0 Å². The van der Waals surface area contributed by atoms with Crippen molar-refractivity contribution in [3.05, 3.63) is 71.8 Å². The molecule has 0 aromatic heterocycles. The zero-order chi connectivity index (χ0) is 20.2. The third kappa shape index (κ3) is 3.81. The summed E-state index contributed by atoms with van der Waals surface area (Å²) in [5.41, 5.74) is 2.61. The Hall–Kier alpha value is -3.34. The summed E-state index contributed by atoms with van der Waals surface area (Å²) < 4.78 is 5.64. The van der Waals surface area contributed by atoms with E-state index in [0.717, 1.165) is 40.6 Å². The van der Waals surface area contributed by atoms with E-state index in [1.807, 2.05) is 67.6 Å². The van der Waals surface area contributed by atoms with Gasteiger partial charge in [0.15, 0.2) is 0 Å². The fraction of sp³-hybridized carbons (Fsp3) is 0.250. The van der Waals surface area contributed by atoms with Crippen molar-refractivity contribution in [2.24, 2.45) is 0 Å². The molecule has 0 saturated heterocycles. The number of nitrogens with zero attached hydrogens (tertiary/aromatic N) is 1. The van der Waals surface area contributed by atoms with Crippen LogP contribution in [0.3, 0.4) is 0 Å². The monoisotopic (exact) mass is 388 g/mol. The fourth-order valence-electron chi connectivity index (χ4n) is 3.85. The number of hydrogen-bond donors (Lipinski definition) is 1. The molecule has 148 valence electrons. The largest absolute Gasteiger partial charge is 0.494 e. The topological polar surface area (TPSA) is 58.6 Å². The molecule has 4 rings (SSSR count). The number of para-hydroxylation sites is 1. The molecule has 0 unspecified atom stereocenters. The zero-order valence-electron chi connectivity index (χ0n) is 16.5. The Labute approximate surface area is 170 Å². The van der Waals surface area contributed by atoms with Crippen LogP contribution >= 0.6 is 0 Å². The van der Waals surface area contributed by atoms with Gasteiger partial charge in [-0.3, -0.25) is 14.5 Å². The molecule has 0 saturated carbocycles. The first kappa shape index (κ1) is 19.0. The van der Waals surface area contributed by atoms with Gasteiger partial charge >= 0.3 is 0 Å². The van der Waals surface area contributed by atoms with E-state index in [1.54, 1.807) is 4.90 Å². The van der Waals surface area contributed by atoms with E-state index >= 15 is 0 Å². The first-order valence-electron chi connectivity index (χ1n) is 10.00. The number of anilines is 1. The number of carbonyl (C=O) groups is 2. The van der Waals surface area contributed by atoms with Gasteiger partial charge in [-0.05, 0) is 48.9 Å². The van der Waals surface area contributed by atoms with Crippen LogP contribution in [0, 0.1) is 0 Å². The molecule has 5 heteroatoms. The van der Waals surface area contributed by atoms with Crippen LogP contribution in [0.4, 0.5) is 5.69 Å². The van der Waals surface area contributed by atoms with Crippen LogP contribution in [0.1, 0.15) is 29.3 Å². The summed E-state index contributed by atoms with van der Waals surface area (Å²) in [4.78, 5) is 26.8. The maximum atomic E-state index is 12.8. The normalized spacial score (nSPS) is 12.4. The molecule has 0 atom stereocenters. The van der Waals surface area contributed by atoms with Gasteiger partial charge in [0.2, 0.25) is 5.91 Å². The van der Waals surface area contributed by atoms with E-state index < -0.39 is 0 Å². The maximum absolute atomic E-state index is 12.8. The van der Waals surface area contributed by atoms with Gasteiger partial charge in [0.05, 0.1) is 12.3 Å². The molecule has 1 aliphatic rings. The van der Waals surface area contributed by atoms with Crippen LogP contribution in [0.5, 0.6) is 5.75 Å². The van der Waals surface area contributed by atoms with Crippen molar-refractivity contribution in [3.63, 3.8) is 0 Å². The minimum Gasteiger partial charge on any atom is -0.494 e. The van der Waals surface area contributed by atoms with Gasteiger partial charge in [0.1, 0.15) is 12.3 Å². The molecular weight excluding hydrogens is 364 g/mol. The second kappa shape index (κ2) is 8.35. The fourth-order valence-corrected chi connectivity index (χ4v) is 3.85. The number of ether oxygens (including phenoxy) is 1. The molecule has 1 aliphatic heterocycles. The number of benzene rings is 3. The minimum absolute atomic E-state index is 0.0299. The number of hydrogen-bond acceptors (Lipinski definition) is 3. The minimum atomic E-state index is -0.152. The van der Waals surface area contributed by atoms with E-state index in [0.29, 0.717) is 18.7 Å². The highest BCUT2D eigenvalue weighted by atomic mass is 16.5. The molecule has 0 fully saturated rings. The number of aryl methyl sites for hydroxylation is 1. The maximum Gasteiger partial charge on any atom is 0.259 e. The van der Waals surface area contributed by atoms with Crippen LogP contribution in [-0.4, -0.2) is 31.5 Å². The number of amides is 2. The van der Waals surface area contributed by atoms with Crippen molar-refractivity contribution >= 4 is 28.3 Å². The number of carbonyl (C=O) groups excluding carboxylic acids is 2. The Bertz CT molecular complexity index is 1060. The summed E-state index contributed by atoms with van der Waals surface area (Å²) in [7, 11) is 0. The lowest BCUT2D eigenvalue weighted by Crippen LogP contribution is -2.39. The average molecular weight is 388 g/mol. The summed E-state index contributed by atoms with van der Waals surface area (Å²) in [6, 6.07) is 19.5. The Morgan fingerprint density at radius 2 is 1.83 bits per heavy atom. The first-order valence-corrected chi connectivity index (χ1v) is 10.00. The van der Waals surface area contributed by atoms with Gasteiger partial charge in [-0.25, -0.2) is 0 Å². The molecule has 0 bridgehead atoms. The van der Waals surface area contributed by atoms with Crippen LogP contribution in [0.25, 0.3) is 10.8 Å². The summed E-state index contributed by atoms with van der Waals surface area (Å²) in [5, 5.41) is 4.89. The summed E-state index contributed by atoms with van der Waals surface area (Å²) in [6.45, 7) is 3.18. The number of nitrogens with one attached hydrogen (secondary N) is 1. The van der Waals surface area contributed by atoms with Gasteiger partial charge in [-0.1, -0.05) is 42.5 Å². The lowest BCUT2D eigenvalue weighted by Gasteiger charge is -2.17. The summed E-state index contributed by atoms with van der Waals surface area (Å²) >= 11 is 0. The molecule has 0 spiro atoms. The highest BCUT2D eigenvalue weighted by Gasteiger charge is 2.30. The lowest BCUT2D eigenvalue weighted by atomic mass is 10.1. The highest BCUT2D eigenvalue weighted by molar-refractivity contribution is 6.26. The van der Waals surface area contributed by atoms with Gasteiger partial charge in [-0.15, -0.1) is 0 Å². The van der Waals surface area contributed by atoms with E-state index in [2.05, 4.69) is 5.32 Å². The predicted octanol–water partition coefficient (Wildman–Crippen LogP) is 3.95. The van der Waals surface area contributed by atoms with Crippen molar-refractivity contribution in [2.75, 3.05) is 24.6 Å². The third-order valence-electron chi connectivity index (χ3n) is 5.17. The standard InChI is InChI=1S/C24H24N2O3/c1-2-29-21-14-4-3-8-17(21)11-7-15-25-22(27)16-26-20-13-6-10-18-9-5-12-19(23(18)20)24(26)28/h3-6,8-10,12-14H,2,7,11,15-16H2,1H3,(H,25,27). The molecule has 5 nitrogen and oxygen atoms in total. The molecule has 1 heterocycles. The molecular formula is C24H24N2O3. The summed E-state index contributed by atoms with van der Waals surface area (Å²) in [5.74, 6) is 0.633. The van der Waals surface area contributed by atoms with Crippen molar-refractivity contribution in [2.45, 2.75) is 19.8 Å². The Kier molecular flexibility index (Phi) is 5.47. The Morgan fingerprint density at radius 1 is 1.03 bits per heavy atom. The summed E-state index contributed by atoms with van der Waals surface area (Å²) in [6.07, 6.45) is 1.63. The smallest absolute Gasteiger partial charge is 0.259 e. The number of rotatable bonds is 8. The molecule has 0 radical (unpaired) electrons. The molecule has 3 aromatic carbocycles. The predicted molar refractivity (Wildman–Crippen MR) is 115 cm³/mol. The molecule has 0 aliphatic carbocycles. The third-order valence-corrected chi connectivity index (χ3v) is 5.17. The lowest BCUT2D eigenvalue weighted by molar-refractivity contribution is -0.119. The SMILES string of the molecule is CCOc1ccccc1CCCNC(=O)CN1C(=O)c2cccc3cccc1c23. The molecule has 29 heavy (non-hydrogen) atoms. The van der Waals surface area contributed by atoms with E-state index in [4.69, 9.17) is 4.74 Å². The molecule has 2 amide bonds. The van der Waals surface area contributed by atoms with E-state index in [-0.39, 0.29) is 18.4 Å². The van der Waals surface area contributed by atoms with Crippen LogP contribution in [-0.2, 0) is 11.2 Å². The van der Waals surface area contributed by atoms with Crippen molar-refractivity contribution in [1.82, 2.24) is 5.32 Å². The van der Waals surface area contributed by atoms with Crippen molar-refractivity contribution in [3.8, 4) is 5.75 Å². The van der Waals surface area contributed by atoms with Gasteiger partial charge in [0.25, 0.3) is 5.91 Å². The second-order valence-corrected chi connectivity index (χ2v) is 7.07. The van der Waals surface area contributed by atoms with Gasteiger partial charge < -0.3 is 10.1 Å². The van der Waals surface area contributed by atoms with Gasteiger partial charge in [-0.2, -0.15) is 0 Å². The van der Waals surface area contributed by atoms with Crippen LogP contribution in [0.2, 0.25) is 0 Å². The van der Waals surface area contributed by atoms with Crippen LogP contribution in [0.15, 0.2) is 60.7 Å². The van der Waals surface area contributed by atoms with Gasteiger partial charge in [0, 0.05) is 17.5 Å². The molecule has 1 N–H and O–H groups in total. The quantitative estimate of drug-likeness (QED) is 0.595. The zero-order valence-corrected chi connectivity index (χ0v) is 16.5. The van der Waals surface area contributed by atoms with E-state index in [1.165, 1.54) is 0 Å². The average Bonchev–Trinajstić information content (AvgIpc) is 3.01. The van der Waals surface area contributed by atoms with Crippen molar-refractivity contribution in [1.29, 1.82) is 0 Å². The highest BCUT2D eigenvalue weighted by Crippen LogP contribution is 2.36. The molecule has 3 aromatic rings. The van der Waals surface area contributed by atoms with E-state index in [9.17, 15) is 9.59 Å².